The molecule has 4 heteroatoms. The third-order valence-corrected chi connectivity index (χ3v) is 2.82. The summed E-state index contributed by atoms with van der Waals surface area (Å²) in [6.45, 7) is 2.84. The summed E-state index contributed by atoms with van der Waals surface area (Å²) < 4.78 is 23.4. The molecule has 1 atom stereocenters. The van der Waals surface area contributed by atoms with E-state index in [-0.39, 0.29) is 11.9 Å². The van der Waals surface area contributed by atoms with E-state index in [0.717, 1.165) is 38.1 Å². The van der Waals surface area contributed by atoms with E-state index in [1.807, 2.05) is 6.07 Å². The lowest BCUT2D eigenvalue weighted by Crippen LogP contribution is -2.34. The lowest BCUT2D eigenvalue weighted by Gasteiger charge is -2.22. The number of hydrogen-bond acceptors (Lipinski definition) is 3. The van der Waals surface area contributed by atoms with E-state index < -0.39 is 0 Å². The average Bonchev–Trinajstić information content (AvgIpc) is 2.36. The largest absolute Gasteiger partial charge is 0.355 e. The van der Waals surface area contributed by atoms with Crippen LogP contribution >= 0.6 is 0 Å². The van der Waals surface area contributed by atoms with E-state index in [4.69, 9.17) is 9.47 Å². The number of halogens is 1. The molecule has 94 valence electrons. The molecule has 1 aliphatic heterocycles. The summed E-state index contributed by atoms with van der Waals surface area (Å²) in [4.78, 5) is 0. The monoisotopic (exact) mass is 239 g/mol. The minimum Gasteiger partial charge on any atom is -0.355 e. The predicted molar refractivity (Wildman–Crippen MR) is 63.3 cm³/mol. The Balaban J connectivity index is 1.62. The van der Waals surface area contributed by atoms with Gasteiger partial charge in [-0.3, -0.25) is 0 Å². The summed E-state index contributed by atoms with van der Waals surface area (Å²) in [6, 6.07) is 6.72. The summed E-state index contributed by atoms with van der Waals surface area (Å²) in [5.41, 5.74) is 1.02. The van der Waals surface area contributed by atoms with Crippen LogP contribution in [0.4, 0.5) is 4.39 Å². The van der Waals surface area contributed by atoms with E-state index in [9.17, 15) is 4.39 Å². The van der Waals surface area contributed by atoms with Crippen molar-refractivity contribution >= 4 is 0 Å². The van der Waals surface area contributed by atoms with Crippen LogP contribution in [0.25, 0.3) is 0 Å². The highest BCUT2D eigenvalue weighted by Crippen LogP contribution is 2.05. The molecule has 1 aromatic carbocycles. The molecule has 3 nitrogen and oxygen atoms in total. The van der Waals surface area contributed by atoms with Gasteiger partial charge in [0.2, 0.25) is 0 Å². The lowest BCUT2D eigenvalue weighted by atomic mass is 10.1. The minimum atomic E-state index is -0.171. The highest BCUT2D eigenvalue weighted by molar-refractivity contribution is 5.16. The van der Waals surface area contributed by atoms with Gasteiger partial charge < -0.3 is 14.8 Å². The van der Waals surface area contributed by atoms with Crippen LogP contribution in [-0.4, -0.2) is 32.6 Å². The van der Waals surface area contributed by atoms with Crippen molar-refractivity contribution in [2.75, 3.05) is 26.5 Å². The quantitative estimate of drug-likeness (QED) is 0.794. The molecule has 17 heavy (non-hydrogen) atoms. The van der Waals surface area contributed by atoms with E-state index in [1.165, 1.54) is 6.07 Å². The first-order valence-electron chi connectivity index (χ1n) is 5.99. The third kappa shape index (κ3) is 4.42. The van der Waals surface area contributed by atoms with Crippen molar-refractivity contribution in [3.05, 3.63) is 35.6 Å². The van der Waals surface area contributed by atoms with E-state index in [1.54, 1.807) is 12.1 Å². The molecule has 0 radical (unpaired) electrons. The van der Waals surface area contributed by atoms with Gasteiger partial charge in [0.15, 0.2) is 0 Å². The Morgan fingerprint density at radius 2 is 2.35 bits per heavy atom. The normalized spacial score (nSPS) is 20.4. The summed E-state index contributed by atoms with van der Waals surface area (Å²) in [5.74, 6) is -0.171. The van der Waals surface area contributed by atoms with Gasteiger partial charge in [-0.25, -0.2) is 4.39 Å². The van der Waals surface area contributed by atoms with Crippen molar-refractivity contribution in [3.8, 4) is 0 Å². The fraction of sp³-hybridized carbons (Fsp3) is 0.538. The molecule has 0 aliphatic carbocycles. The molecule has 1 saturated heterocycles. The number of hydrogen-bond donors (Lipinski definition) is 1. The Bertz CT molecular complexity index is 340. The van der Waals surface area contributed by atoms with Crippen molar-refractivity contribution in [2.24, 2.45) is 0 Å². The molecule has 0 bridgehead atoms. The highest BCUT2D eigenvalue weighted by atomic mass is 19.1. The lowest BCUT2D eigenvalue weighted by molar-refractivity contribution is -0.137. The Hall–Kier alpha value is -0.970. The fourth-order valence-corrected chi connectivity index (χ4v) is 1.85. The molecule has 2 rings (SSSR count). The molecule has 1 fully saturated rings. The molecule has 1 N–H and O–H groups in total. The zero-order chi connectivity index (χ0) is 11.9. The zero-order valence-corrected chi connectivity index (χ0v) is 9.82. The molecule has 1 aliphatic rings. The van der Waals surface area contributed by atoms with Crippen LogP contribution in [0, 0.1) is 5.82 Å². The molecule has 1 heterocycles. The van der Waals surface area contributed by atoms with Gasteiger partial charge in [-0.1, -0.05) is 12.1 Å². The highest BCUT2D eigenvalue weighted by Gasteiger charge is 2.12. The van der Waals surface area contributed by atoms with Crippen LogP contribution in [-0.2, 0) is 15.9 Å². The van der Waals surface area contributed by atoms with Crippen molar-refractivity contribution in [3.63, 3.8) is 0 Å². The van der Waals surface area contributed by atoms with Crippen LogP contribution < -0.4 is 5.32 Å². The van der Waals surface area contributed by atoms with Gasteiger partial charge in [0.25, 0.3) is 0 Å². The van der Waals surface area contributed by atoms with Gasteiger partial charge in [0.1, 0.15) is 12.6 Å². The van der Waals surface area contributed by atoms with Crippen LogP contribution in [0.1, 0.15) is 12.0 Å². The predicted octanol–water partition coefficient (Wildman–Crippen LogP) is 1.72. The molecular weight excluding hydrogens is 221 g/mol. The maximum Gasteiger partial charge on any atom is 0.147 e. The summed E-state index contributed by atoms with van der Waals surface area (Å²) in [5, 5.41) is 3.32. The Labute approximate surface area is 101 Å². The van der Waals surface area contributed by atoms with Crippen molar-refractivity contribution in [1.82, 2.24) is 5.32 Å². The summed E-state index contributed by atoms with van der Waals surface area (Å²) >= 11 is 0. The zero-order valence-electron chi connectivity index (χ0n) is 9.82. The van der Waals surface area contributed by atoms with Crippen LogP contribution in [0.5, 0.6) is 0 Å². The maximum absolute atomic E-state index is 12.9. The first-order chi connectivity index (χ1) is 8.34. The van der Waals surface area contributed by atoms with E-state index >= 15 is 0 Å². The molecule has 0 saturated carbocycles. The summed E-state index contributed by atoms with van der Waals surface area (Å²) in [7, 11) is 0. The molecular formula is C13H18FNO2. The van der Waals surface area contributed by atoms with Crippen molar-refractivity contribution < 1.29 is 13.9 Å². The standard InChI is InChI=1S/C13H18FNO2/c14-12-3-1-2-11(8-12)4-6-15-9-13-5-7-16-10-17-13/h1-3,8,13,15H,4-7,9-10H2. The van der Waals surface area contributed by atoms with Crippen molar-refractivity contribution in [1.29, 1.82) is 0 Å². The molecule has 0 spiro atoms. The topological polar surface area (TPSA) is 30.5 Å². The molecule has 0 aromatic heterocycles. The average molecular weight is 239 g/mol. The number of nitrogens with one attached hydrogen (secondary N) is 1. The van der Waals surface area contributed by atoms with Gasteiger partial charge in [0, 0.05) is 6.54 Å². The fourth-order valence-electron chi connectivity index (χ4n) is 1.85. The summed E-state index contributed by atoms with van der Waals surface area (Å²) in [6.07, 6.45) is 2.02. The number of ether oxygens (including phenoxy) is 2. The second-order valence-corrected chi connectivity index (χ2v) is 4.19. The maximum atomic E-state index is 12.9. The molecule has 1 unspecified atom stereocenters. The van der Waals surface area contributed by atoms with Gasteiger partial charge in [-0.2, -0.15) is 0 Å². The SMILES string of the molecule is Fc1cccc(CCNCC2CCOCO2)c1. The van der Waals surface area contributed by atoms with E-state index in [2.05, 4.69) is 5.32 Å². The van der Waals surface area contributed by atoms with Gasteiger partial charge in [-0.15, -0.1) is 0 Å². The smallest absolute Gasteiger partial charge is 0.147 e. The van der Waals surface area contributed by atoms with Crippen LogP contribution in [0.3, 0.4) is 0 Å². The van der Waals surface area contributed by atoms with Gasteiger partial charge in [-0.05, 0) is 37.1 Å². The third-order valence-electron chi connectivity index (χ3n) is 2.82. The Kier molecular flexibility index (Phi) is 4.91. The van der Waals surface area contributed by atoms with E-state index in [0.29, 0.717) is 6.79 Å². The minimum absolute atomic E-state index is 0.171. The second kappa shape index (κ2) is 6.69. The van der Waals surface area contributed by atoms with Crippen LogP contribution in [0.2, 0.25) is 0 Å². The van der Waals surface area contributed by atoms with Gasteiger partial charge in [0.05, 0.1) is 12.7 Å². The second-order valence-electron chi connectivity index (χ2n) is 4.19. The molecule has 0 amide bonds. The van der Waals surface area contributed by atoms with Crippen LogP contribution in [0.15, 0.2) is 24.3 Å². The first kappa shape index (κ1) is 12.5. The number of benzene rings is 1. The number of rotatable bonds is 5. The Morgan fingerprint density at radius 1 is 1.41 bits per heavy atom. The Morgan fingerprint density at radius 3 is 3.12 bits per heavy atom. The van der Waals surface area contributed by atoms with Crippen molar-refractivity contribution in [2.45, 2.75) is 18.9 Å². The van der Waals surface area contributed by atoms with Gasteiger partial charge >= 0.3 is 0 Å². The molecule has 1 aromatic rings. The first-order valence-corrected chi connectivity index (χ1v) is 5.99.